The molecule has 0 radical (unpaired) electrons. The number of amides is 2. The van der Waals surface area contributed by atoms with Gasteiger partial charge >= 0.3 is 6.03 Å². The van der Waals surface area contributed by atoms with Gasteiger partial charge in [0.25, 0.3) is 0 Å². The molecule has 80 valence electrons. The van der Waals surface area contributed by atoms with Gasteiger partial charge < -0.3 is 15.0 Å². The van der Waals surface area contributed by atoms with Crippen molar-refractivity contribution < 1.29 is 9.53 Å². The minimum Gasteiger partial charge on any atom is -0.379 e. The lowest BCUT2D eigenvalue weighted by Crippen LogP contribution is -2.45. The van der Waals surface area contributed by atoms with E-state index in [9.17, 15) is 4.79 Å². The number of hydrogen-bond acceptors (Lipinski definition) is 2. The summed E-state index contributed by atoms with van der Waals surface area (Å²) in [5, 5.41) is 2.93. The molecule has 0 spiro atoms. The summed E-state index contributed by atoms with van der Waals surface area (Å²) >= 11 is 0. The van der Waals surface area contributed by atoms with Crippen LogP contribution in [0.15, 0.2) is 12.7 Å². The normalized spacial score (nSPS) is 20.5. The molecule has 4 heteroatoms. The Labute approximate surface area is 84.9 Å². The fourth-order valence-electron chi connectivity index (χ4n) is 1.43. The van der Waals surface area contributed by atoms with Crippen LogP contribution in [0.5, 0.6) is 0 Å². The first-order chi connectivity index (χ1) is 6.77. The van der Waals surface area contributed by atoms with Crippen LogP contribution in [0, 0.1) is 0 Å². The van der Waals surface area contributed by atoms with Crippen molar-refractivity contribution in [1.29, 1.82) is 0 Å². The van der Waals surface area contributed by atoms with Gasteiger partial charge in [0.1, 0.15) is 0 Å². The lowest BCUT2D eigenvalue weighted by Gasteiger charge is -2.21. The van der Waals surface area contributed by atoms with Crippen LogP contribution in [-0.4, -0.2) is 43.3 Å². The van der Waals surface area contributed by atoms with Crippen LogP contribution in [0.1, 0.15) is 13.3 Å². The van der Waals surface area contributed by atoms with Gasteiger partial charge in [0.2, 0.25) is 0 Å². The van der Waals surface area contributed by atoms with Crippen LogP contribution >= 0.6 is 0 Å². The molecular weight excluding hydrogens is 180 g/mol. The average Bonchev–Trinajstić information content (AvgIpc) is 2.66. The van der Waals surface area contributed by atoms with Crippen LogP contribution in [0.2, 0.25) is 0 Å². The Balaban J connectivity index is 2.33. The van der Waals surface area contributed by atoms with Crippen molar-refractivity contribution in [3.05, 3.63) is 12.7 Å². The number of nitrogens with zero attached hydrogens (tertiary/aromatic N) is 1. The molecule has 1 unspecified atom stereocenters. The summed E-state index contributed by atoms with van der Waals surface area (Å²) in [6, 6.07) is 0.157. The molecule has 4 nitrogen and oxygen atoms in total. The van der Waals surface area contributed by atoms with Crippen LogP contribution in [-0.2, 0) is 4.74 Å². The van der Waals surface area contributed by atoms with Gasteiger partial charge in [0.05, 0.1) is 12.6 Å². The van der Waals surface area contributed by atoms with Crippen LogP contribution in [0.25, 0.3) is 0 Å². The summed E-state index contributed by atoms with van der Waals surface area (Å²) in [5.74, 6) is 0. The van der Waals surface area contributed by atoms with Gasteiger partial charge in [-0.25, -0.2) is 4.79 Å². The molecule has 1 heterocycles. The van der Waals surface area contributed by atoms with Crippen molar-refractivity contribution >= 4 is 6.03 Å². The maximum Gasteiger partial charge on any atom is 0.317 e. The third-order valence-electron chi connectivity index (χ3n) is 2.28. The van der Waals surface area contributed by atoms with Gasteiger partial charge in [-0.2, -0.15) is 0 Å². The number of carbonyl (C=O) groups excluding carboxylic acids is 1. The Bertz CT molecular complexity index is 200. The van der Waals surface area contributed by atoms with Gasteiger partial charge in [0.15, 0.2) is 0 Å². The molecule has 0 aliphatic carbocycles. The van der Waals surface area contributed by atoms with E-state index in [2.05, 4.69) is 11.9 Å². The summed E-state index contributed by atoms with van der Waals surface area (Å²) in [4.78, 5) is 13.3. The van der Waals surface area contributed by atoms with E-state index in [-0.39, 0.29) is 12.1 Å². The average molecular weight is 198 g/mol. The number of nitrogens with one attached hydrogen (secondary N) is 1. The Morgan fingerprint density at radius 2 is 2.57 bits per heavy atom. The largest absolute Gasteiger partial charge is 0.379 e. The summed E-state index contributed by atoms with van der Waals surface area (Å²) in [6.07, 6.45) is 2.64. The zero-order chi connectivity index (χ0) is 10.4. The second kappa shape index (κ2) is 5.65. The van der Waals surface area contributed by atoms with Gasteiger partial charge in [-0.05, 0) is 13.3 Å². The number of carbonyl (C=O) groups is 1. The number of rotatable bonds is 4. The predicted molar refractivity (Wildman–Crippen MR) is 55.2 cm³/mol. The van der Waals surface area contributed by atoms with Crippen LogP contribution in [0.4, 0.5) is 4.79 Å². The van der Waals surface area contributed by atoms with Crippen LogP contribution in [0.3, 0.4) is 0 Å². The first kappa shape index (κ1) is 11.0. The molecule has 0 aromatic carbocycles. The Hall–Kier alpha value is -1.03. The quantitative estimate of drug-likeness (QED) is 0.684. The van der Waals surface area contributed by atoms with E-state index in [1.165, 1.54) is 0 Å². The molecule has 2 amide bonds. The molecule has 0 aromatic rings. The SMILES string of the molecule is C=CCN(CC)C(=O)NC1CCOC1. The maximum atomic E-state index is 11.6. The second-order valence-corrected chi connectivity index (χ2v) is 3.34. The molecule has 0 saturated carbocycles. The van der Waals surface area contributed by atoms with Gasteiger partial charge in [-0.3, -0.25) is 0 Å². The molecule has 1 saturated heterocycles. The fraction of sp³-hybridized carbons (Fsp3) is 0.700. The number of likely N-dealkylation sites (N-methyl/N-ethyl adjacent to an activating group) is 1. The number of urea groups is 1. The highest BCUT2D eigenvalue weighted by Crippen LogP contribution is 2.04. The van der Waals surface area contributed by atoms with E-state index in [1.807, 2.05) is 6.92 Å². The van der Waals surface area contributed by atoms with Gasteiger partial charge in [-0.15, -0.1) is 6.58 Å². The molecule has 1 fully saturated rings. The monoisotopic (exact) mass is 198 g/mol. The standard InChI is InChI=1S/C10H18N2O2/c1-3-6-12(4-2)10(13)11-9-5-7-14-8-9/h3,9H,1,4-8H2,2H3,(H,11,13). The van der Waals surface area contributed by atoms with Gasteiger partial charge in [0, 0.05) is 19.7 Å². The highest BCUT2D eigenvalue weighted by Gasteiger charge is 2.19. The molecule has 1 aliphatic rings. The van der Waals surface area contributed by atoms with E-state index < -0.39 is 0 Å². The van der Waals surface area contributed by atoms with Crippen LogP contribution < -0.4 is 5.32 Å². The zero-order valence-corrected chi connectivity index (χ0v) is 8.66. The van der Waals surface area contributed by atoms with E-state index in [0.717, 1.165) is 13.0 Å². The minimum atomic E-state index is -0.0251. The van der Waals surface area contributed by atoms with Crippen molar-refractivity contribution in [2.45, 2.75) is 19.4 Å². The molecule has 14 heavy (non-hydrogen) atoms. The Morgan fingerprint density at radius 3 is 3.07 bits per heavy atom. The first-order valence-electron chi connectivity index (χ1n) is 5.02. The molecule has 1 atom stereocenters. The third-order valence-corrected chi connectivity index (χ3v) is 2.28. The smallest absolute Gasteiger partial charge is 0.317 e. The first-order valence-corrected chi connectivity index (χ1v) is 5.02. The van der Waals surface area contributed by atoms with E-state index in [1.54, 1.807) is 11.0 Å². The van der Waals surface area contributed by atoms with Crippen molar-refractivity contribution in [2.24, 2.45) is 0 Å². The topological polar surface area (TPSA) is 41.6 Å². The molecule has 1 rings (SSSR count). The van der Waals surface area contributed by atoms with Crippen molar-refractivity contribution in [3.63, 3.8) is 0 Å². The summed E-state index contributed by atoms with van der Waals surface area (Å²) < 4.78 is 5.18. The van der Waals surface area contributed by atoms with Crippen molar-refractivity contribution in [3.8, 4) is 0 Å². The maximum absolute atomic E-state index is 11.6. The lowest BCUT2D eigenvalue weighted by atomic mass is 10.3. The van der Waals surface area contributed by atoms with E-state index in [0.29, 0.717) is 19.7 Å². The Morgan fingerprint density at radius 1 is 1.79 bits per heavy atom. The molecule has 0 bridgehead atoms. The zero-order valence-electron chi connectivity index (χ0n) is 8.66. The molecular formula is C10H18N2O2. The van der Waals surface area contributed by atoms with Crippen molar-refractivity contribution in [1.82, 2.24) is 10.2 Å². The minimum absolute atomic E-state index is 0.0251. The summed E-state index contributed by atoms with van der Waals surface area (Å²) in [5.41, 5.74) is 0. The molecule has 0 aromatic heterocycles. The van der Waals surface area contributed by atoms with E-state index >= 15 is 0 Å². The third kappa shape index (κ3) is 3.03. The molecule has 1 N–H and O–H groups in total. The second-order valence-electron chi connectivity index (χ2n) is 3.34. The highest BCUT2D eigenvalue weighted by molar-refractivity contribution is 5.74. The summed E-state index contributed by atoms with van der Waals surface area (Å²) in [7, 11) is 0. The fourth-order valence-corrected chi connectivity index (χ4v) is 1.43. The highest BCUT2D eigenvalue weighted by atomic mass is 16.5. The van der Waals surface area contributed by atoms with Gasteiger partial charge in [-0.1, -0.05) is 6.08 Å². The lowest BCUT2D eigenvalue weighted by molar-refractivity contribution is 0.181. The molecule has 1 aliphatic heterocycles. The number of ether oxygens (including phenoxy) is 1. The predicted octanol–water partition coefficient (Wildman–Crippen LogP) is 0.993. The number of hydrogen-bond donors (Lipinski definition) is 1. The van der Waals surface area contributed by atoms with Crippen molar-refractivity contribution in [2.75, 3.05) is 26.3 Å². The summed E-state index contributed by atoms with van der Waals surface area (Å²) in [6.45, 7) is 8.25. The van der Waals surface area contributed by atoms with E-state index in [4.69, 9.17) is 4.74 Å². The Kier molecular flexibility index (Phi) is 4.46.